The van der Waals surface area contributed by atoms with Gasteiger partial charge >= 0.3 is 6.18 Å². The van der Waals surface area contributed by atoms with Crippen molar-refractivity contribution in [3.05, 3.63) is 53.2 Å². The second-order valence-electron chi connectivity index (χ2n) is 3.39. The highest BCUT2D eigenvalue weighted by molar-refractivity contribution is 6.33. The molecular weight excluding hydrogens is 251 g/mol. The first-order valence-corrected chi connectivity index (χ1v) is 5.15. The molecule has 0 saturated carbocycles. The van der Waals surface area contributed by atoms with Crippen LogP contribution >= 0.6 is 11.6 Å². The van der Waals surface area contributed by atoms with Crippen LogP contribution in [0.2, 0.25) is 5.02 Å². The maximum atomic E-state index is 12.5. The molecule has 0 bridgehead atoms. The SMILES string of the molecule is FC(F)(F)c1cccc(-c2ccccc2Cl)n1. The number of aromatic nitrogens is 1. The average Bonchev–Trinajstić information content (AvgIpc) is 2.29. The zero-order valence-electron chi connectivity index (χ0n) is 8.50. The quantitative estimate of drug-likeness (QED) is 0.737. The van der Waals surface area contributed by atoms with Gasteiger partial charge in [0.05, 0.1) is 5.69 Å². The van der Waals surface area contributed by atoms with Gasteiger partial charge in [0.15, 0.2) is 0 Å². The van der Waals surface area contributed by atoms with Crippen LogP contribution in [0, 0.1) is 0 Å². The zero-order chi connectivity index (χ0) is 12.5. The predicted octanol–water partition coefficient (Wildman–Crippen LogP) is 4.42. The molecule has 0 N–H and O–H groups in total. The number of halogens is 4. The summed E-state index contributed by atoms with van der Waals surface area (Å²) in [6.45, 7) is 0. The van der Waals surface area contributed by atoms with E-state index in [1.807, 2.05) is 0 Å². The minimum absolute atomic E-state index is 0.213. The van der Waals surface area contributed by atoms with Gasteiger partial charge in [-0.1, -0.05) is 35.9 Å². The fourth-order valence-corrected chi connectivity index (χ4v) is 1.64. The Bertz CT molecular complexity index is 537. The Balaban J connectivity index is 2.51. The van der Waals surface area contributed by atoms with Gasteiger partial charge in [0.1, 0.15) is 5.69 Å². The highest BCUT2D eigenvalue weighted by Crippen LogP contribution is 2.31. The van der Waals surface area contributed by atoms with Crippen molar-refractivity contribution in [1.29, 1.82) is 0 Å². The van der Waals surface area contributed by atoms with E-state index >= 15 is 0 Å². The van der Waals surface area contributed by atoms with Gasteiger partial charge in [-0.15, -0.1) is 0 Å². The van der Waals surface area contributed by atoms with Crippen LogP contribution in [0.5, 0.6) is 0 Å². The lowest BCUT2D eigenvalue weighted by Crippen LogP contribution is -2.08. The van der Waals surface area contributed by atoms with Gasteiger partial charge in [-0.3, -0.25) is 0 Å². The number of pyridine rings is 1. The van der Waals surface area contributed by atoms with Gasteiger partial charge in [0, 0.05) is 10.6 Å². The molecule has 1 nitrogen and oxygen atoms in total. The molecule has 0 aliphatic rings. The zero-order valence-corrected chi connectivity index (χ0v) is 9.26. The number of rotatable bonds is 1. The number of benzene rings is 1. The van der Waals surface area contributed by atoms with Crippen molar-refractivity contribution in [1.82, 2.24) is 4.98 Å². The Morgan fingerprint density at radius 1 is 0.941 bits per heavy atom. The molecule has 88 valence electrons. The second-order valence-corrected chi connectivity index (χ2v) is 3.79. The van der Waals surface area contributed by atoms with Crippen LogP contribution in [0.3, 0.4) is 0 Å². The van der Waals surface area contributed by atoms with E-state index in [1.54, 1.807) is 24.3 Å². The molecule has 0 spiro atoms. The first-order chi connectivity index (χ1) is 7.98. The first kappa shape index (κ1) is 11.9. The monoisotopic (exact) mass is 257 g/mol. The Morgan fingerprint density at radius 2 is 1.65 bits per heavy atom. The number of nitrogens with zero attached hydrogens (tertiary/aromatic N) is 1. The topological polar surface area (TPSA) is 12.9 Å². The fourth-order valence-electron chi connectivity index (χ4n) is 1.41. The Labute approximate surface area is 101 Å². The molecule has 2 aromatic rings. The second kappa shape index (κ2) is 4.37. The molecule has 0 fully saturated rings. The van der Waals surface area contributed by atoms with E-state index in [1.165, 1.54) is 12.1 Å². The molecule has 1 aromatic carbocycles. The molecule has 1 aromatic heterocycles. The largest absolute Gasteiger partial charge is 0.433 e. The lowest BCUT2D eigenvalue weighted by molar-refractivity contribution is -0.141. The summed E-state index contributed by atoms with van der Waals surface area (Å²) in [7, 11) is 0. The maximum absolute atomic E-state index is 12.5. The maximum Gasteiger partial charge on any atom is 0.433 e. The van der Waals surface area contributed by atoms with Crippen LogP contribution in [-0.2, 0) is 6.18 Å². The predicted molar refractivity (Wildman–Crippen MR) is 59.7 cm³/mol. The molecule has 0 radical (unpaired) electrons. The summed E-state index contributed by atoms with van der Waals surface area (Å²) in [5, 5.41) is 0.374. The van der Waals surface area contributed by atoms with Crippen molar-refractivity contribution >= 4 is 11.6 Å². The van der Waals surface area contributed by atoms with Crippen molar-refractivity contribution < 1.29 is 13.2 Å². The van der Waals surface area contributed by atoms with Gasteiger partial charge in [0.25, 0.3) is 0 Å². The summed E-state index contributed by atoms with van der Waals surface area (Å²) in [5.74, 6) is 0. The number of hydrogen-bond acceptors (Lipinski definition) is 1. The molecular formula is C12H7ClF3N. The summed E-state index contributed by atoms with van der Waals surface area (Å²) in [6, 6.07) is 10.4. The molecule has 0 saturated heterocycles. The Kier molecular flexibility index (Phi) is 3.07. The molecule has 1 heterocycles. The van der Waals surface area contributed by atoms with Crippen LogP contribution in [0.25, 0.3) is 11.3 Å². The summed E-state index contributed by atoms with van der Waals surface area (Å²) in [4.78, 5) is 3.57. The Hall–Kier alpha value is -1.55. The van der Waals surface area contributed by atoms with Gasteiger partial charge < -0.3 is 0 Å². The molecule has 0 aliphatic carbocycles. The van der Waals surface area contributed by atoms with Gasteiger partial charge in [0.2, 0.25) is 0 Å². The van der Waals surface area contributed by atoms with Crippen LogP contribution in [0.15, 0.2) is 42.5 Å². The van der Waals surface area contributed by atoms with Gasteiger partial charge in [-0.05, 0) is 18.2 Å². The highest BCUT2D eigenvalue weighted by atomic mass is 35.5. The number of alkyl halides is 3. The minimum Gasteiger partial charge on any atom is -0.243 e. The van der Waals surface area contributed by atoms with Crippen LogP contribution < -0.4 is 0 Å². The van der Waals surface area contributed by atoms with E-state index in [-0.39, 0.29) is 5.69 Å². The molecule has 0 atom stereocenters. The summed E-state index contributed by atoms with van der Waals surface area (Å²) in [6.07, 6.45) is -4.45. The molecule has 0 aliphatic heterocycles. The third-order valence-electron chi connectivity index (χ3n) is 2.19. The summed E-state index contributed by atoms with van der Waals surface area (Å²) in [5.41, 5.74) is -0.222. The van der Waals surface area contributed by atoms with E-state index in [0.29, 0.717) is 10.6 Å². The lowest BCUT2D eigenvalue weighted by Gasteiger charge is -2.08. The van der Waals surface area contributed by atoms with E-state index < -0.39 is 11.9 Å². The van der Waals surface area contributed by atoms with E-state index in [2.05, 4.69) is 4.98 Å². The standard InChI is InChI=1S/C12H7ClF3N/c13-9-5-2-1-4-8(9)10-6-3-7-11(17-10)12(14,15)16/h1-7H. The fraction of sp³-hybridized carbons (Fsp3) is 0.0833. The van der Waals surface area contributed by atoms with Crippen molar-refractivity contribution in [3.8, 4) is 11.3 Å². The third-order valence-corrected chi connectivity index (χ3v) is 2.52. The highest BCUT2D eigenvalue weighted by Gasteiger charge is 2.32. The molecule has 0 unspecified atom stereocenters. The van der Waals surface area contributed by atoms with E-state index in [9.17, 15) is 13.2 Å². The van der Waals surface area contributed by atoms with Crippen molar-refractivity contribution in [2.24, 2.45) is 0 Å². The van der Waals surface area contributed by atoms with E-state index in [0.717, 1.165) is 6.07 Å². The Morgan fingerprint density at radius 3 is 2.29 bits per heavy atom. The molecule has 17 heavy (non-hydrogen) atoms. The number of hydrogen-bond donors (Lipinski definition) is 0. The van der Waals surface area contributed by atoms with E-state index in [4.69, 9.17) is 11.6 Å². The van der Waals surface area contributed by atoms with Gasteiger partial charge in [-0.2, -0.15) is 13.2 Å². The third kappa shape index (κ3) is 2.58. The van der Waals surface area contributed by atoms with Crippen LogP contribution in [-0.4, -0.2) is 4.98 Å². The minimum atomic E-state index is -4.45. The molecule has 5 heteroatoms. The van der Waals surface area contributed by atoms with Gasteiger partial charge in [-0.25, -0.2) is 4.98 Å². The smallest absolute Gasteiger partial charge is 0.243 e. The van der Waals surface area contributed by atoms with Crippen LogP contribution in [0.1, 0.15) is 5.69 Å². The summed E-state index contributed by atoms with van der Waals surface area (Å²) < 4.78 is 37.5. The molecule has 2 rings (SSSR count). The van der Waals surface area contributed by atoms with Crippen molar-refractivity contribution in [2.75, 3.05) is 0 Å². The normalized spacial score (nSPS) is 11.5. The first-order valence-electron chi connectivity index (χ1n) is 4.77. The lowest BCUT2D eigenvalue weighted by atomic mass is 10.1. The molecule has 0 amide bonds. The summed E-state index contributed by atoms with van der Waals surface area (Å²) >= 11 is 5.90. The van der Waals surface area contributed by atoms with Crippen molar-refractivity contribution in [2.45, 2.75) is 6.18 Å². The van der Waals surface area contributed by atoms with Crippen LogP contribution in [0.4, 0.5) is 13.2 Å². The average molecular weight is 258 g/mol. The van der Waals surface area contributed by atoms with Crippen molar-refractivity contribution in [3.63, 3.8) is 0 Å².